The number of hydrogen-bond acceptors (Lipinski definition) is 3. The Hall–Kier alpha value is -1.94. The van der Waals surface area contributed by atoms with Crippen LogP contribution in [0.15, 0.2) is 35.9 Å². The molecule has 0 aromatic heterocycles. The summed E-state index contributed by atoms with van der Waals surface area (Å²) in [5, 5.41) is 9.01. The van der Waals surface area contributed by atoms with Gasteiger partial charge in [-0.15, -0.1) is 0 Å². The maximum atomic E-state index is 11.7. The minimum Gasteiger partial charge on any atom is -0.392 e. The van der Waals surface area contributed by atoms with E-state index < -0.39 is 0 Å². The van der Waals surface area contributed by atoms with Crippen molar-refractivity contribution in [3.8, 4) is 0 Å². The van der Waals surface area contributed by atoms with E-state index in [2.05, 4.69) is 0 Å². The normalized spacial score (nSPS) is 15.4. The molecule has 1 aliphatic heterocycles. The van der Waals surface area contributed by atoms with E-state index >= 15 is 0 Å². The SMILES string of the molecule is CC1=CC(=O)N(Cc2cccc(CO)c2)C1=O. The average Bonchev–Trinajstić information content (AvgIpc) is 2.56. The second-order valence-electron chi connectivity index (χ2n) is 4.03. The van der Waals surface area contributed by atoms with Crippen molar-refractivity contribution in [2.75, 3.05) is 0 Å². The summed E-state index contributed by atoms with van der Waals surface area (Å²) in [6.45, 7) is 1.83. The van der Waals surface area contributed by atoms with E-state index in [0.29, 0.717) is 5.57 Å². The van der Waals surface area contributed by atoms with Gasteiger partial charge >= 0.3 is 0 Å². The molecule has 1 N–H and O–H groups in total. The van der Waals surface area contributed by atoms with Crippen molar-refractivity contribution < 1.29 is 14.7 Å². The molecule has 2 rings (SSSR count). The first kappa shape index (κ1) is 11.5. The van der Waals surface area contributed by atoms with Crippen molar-refractivity contribution in [1.29, 1.82) is 0 Å². The molecule has 4 heteroatoms. The van der Waals surface area contributed by atoms with Crippen molar-refractivity contribution in [2.45, 2.75) is 20.1 Å². The molecule has 17 heavy (non-hydrogen) atoms. The molecule has 0 fully saturated rings. The summed E-state index contributed by atoms with van der Waals surface area (Å²) in [6.07, 6.45) is 1.35. The fourth-order valence-corrected chi connectivity index (χ4v) is 1.80. The van der Waals surface area contributed by atoms with Crippen LogP contribution in [0.4, 0.5) is 0 Å². The van der Waals surface area contributed by atoms with Crippen LogP contribution >= 0.6 is 0 Å². The van der Waals surface area contributed by atoms with Gasteiger partial charge in [-0.2, -0.15) is 0 Å². The van der Waals surface area contributed by atoms with Gasteiger partial charge < -0.3 is 5.11 Å². The summed E-state index contributed by atoms with van der Waals surface area (Å²) < 4.78 is 0. The van der Waals surface area contributed by atoms with E-state index in [0.717, 1.165) is 11.1 Å². The molecular weight excluding hydrogens is 218 g/mol. The zero-order valence-corrected chi connectivity index (χ0v) is 9.51. The van der Waals surface area contributed by atoms with Gasteiger partial charge in [-0.3, -0.25) is 14.5 Å². The largest absolute Gasteiger partial charge is 0.392 e. The van der Waals surface area contributed by atoms with Crippen molar-refractivity contribution in [1.82, 2.24) is 4.90 Å². The van der Waals surface area contributed by atoms with E-state index in [1.54, 1.807) is 25.1 Å². The second kappa shape index (κ2) is 4.51. The Bertz CT molecular complexity index is 505. The molecule has 1 aliphatic rings. The van der Waals surface area contributed by atoms with Gasteiger partial charge in [0.1, 0.15) is 0 Å². The maximum Gasteiger partial charge on any atom is 0.256 e. The zero-order chi connectivity index (χ0) is 12.4. The van der Waals surface area contributed by atoms with Gasteiger partial charge in [0.25, 0.3) is 11.8 Å². The van der Waals surface area contributed by atoms with Crippen molar-refractivity contribution >= 4 is 11.8 Å². The molecule has 0 bridgehead atoms. The lowest BCUT2D eigenvalue weighted by Crippen LogP contribution is -2.30. The third kappa shape index (κ3) is 2.26. The lowest BCUT2D eigenvalue weighted by Gasteiger charge is -2.14. The molecule has 1 aromatic rings. The maximum absolute atomic E-state index is 11.7. The number of hydrogen-bond donors (Lipinski definition) is 1. The van der Waals surface area contributed by atoms with Gasteiger partial charge in [-0.25, -0.2) is 0 Å². The third-order valence-corrected chi connectivity index (χ3v) is 2.70. The summed E-state index contributed by atoms with van der Waals surface area (Å²) in [7, 11) is 0. The molecular formula is C13H13NO3. The van der Waals surface area contributed by atoms with E-state index in [4.69, 9.17) is 5.11 Å². The molecule has 0 spiro atoms. The van der Waals surface area contributed by atoms with Gasteiger partial charge in [0, 0.05) is 11.6 Å². The molecule has 0 atom stereocenters. The fourth-order valence-electron chi connectivity index (χ4n) is 1.80. The van der Waals surface area contributed by atoms with Crippen LogP contribution in [0.3, 0.4) is 0 Å². The Morgan fingerprint density at radius 2 is 1.94 bits per heavy atom. The van der Waals surface area contributed by atoms with E-state index in [9.17, 15) is 9.59 Å². The average molecular weight is 231 g/mol. The summed E-state index contributed by atoms with van der Waals surface area (Å²) in [6, 6.07) is 7.20. The highest BCUT2D eigenvalue weighted by molar-refractivity contribution is 6.15. The van der Waals surface area contributed by atoms with E-state index in [-0.39, 0.29) is 25.0 Å². The first-order valence-electron chi connectivity index (χ1n) is 5.34. The van der Waals surface area contributed by atoms with Crippen LogP contribution in [0.1, 0.15) is 18.1 Å². The number of benzene rings is 1. The Balaban J connectivity index is 2.17. The van der Waals surface area contributed by atoms with Crippen molar-refractivity contribution in [2.24, 2.45) is 0 Å². The van der Waals surface area contributed by atoms with Crippen molar-refractivity contribution in [3.63, 3.8) is 0 Å². The third-order valence-electron chi connectivity index (χ3n) is 2.70. The highest BCUT2D eigenvalue weighted by atomic mass is 16.3. The van der Waals surface area contributed by atoms with Gasteiger partial charge in [-0.1, -0.05) is 24.3 Å². The van der Waals surface area contributed by atoms with Gasteiger partial charge in [0.05, 0.1) is 13.2 Å². The lowest BCUT2D eigenvalue weighted by molar-refractivity contribution is -0.137. The number of carbonyl (C=O) groups excluding carboxylic acids is 2. The zero-order valence-electron chi connectivity index (χ0n) is 9.51. The molecule has 88 valence electrons. The minimum atomic E-state index is -0.276. The number of aliphatic hydroxyl groups excluding tert-OH is 1. The van der Waals surface area contributed by atoms with Crippen LogP contribution in [-0.2, 0) is 22.7 Å². The topological polar surface area (TPSA) is 57.6 Å². The summed E-state index contributed by atoms with van der Waals surface area (Å²) >= 11 is 0. The first-order chi connectivity index (χ1) is 8.11. The van der Waals surface area contributed by atoms with Gasteiger partial charge in [0.2, 0.25) is 0 Å². The van der Waals surface area contributed by atoms with Crippen LogP contribution in [0.2, 0.25) is 0 Å². The summed E-state index contributed by atoms with van der Waals surface area (Å²) in [4.78, 5) is 24.4. The smallest absolute Gasteiger partial charge is 0.256 e. The summed E-state index contributed by atoms with van der Waals surface area (Å²) in [5.41, 5.74) is 2.07. The Morgan fingerprint density at radius 1 is 1.24 bits per heavy atom. The van der Waals surface area contributed by atoms with Gasteiger partial charge in [0.15, 0.2) is 0 Å². The number of nitrogens with zero attached hydrogens (tertiary/aromatic N) is 1. The molecule has 0 saturated heterocycles. The Morgan fingerprint density at radius 3 is 2.53 bits per heavy atom. The molecule has 0 radical (unpaired) electrons. The predicted octanol–water partition coefficient (Wildman–Crippen LogP) is 0.994. The number of imide groups is 1. The highest BCUT2D eigenvalue weighted by Gasteiger charge is 2.27. The van der Waals surface area contributed by atoms with E-state index in [1.807, 2.05) is 6.07 Å². The molecule has 2 amide bonds. The second-order valence-corrected chi connectivity index (χ2v) is 4.03. The molecule has 1 aromatic carbocycles. The van der Waals surface area contributed by atoms with Crippen LogP contribution < -0.4 is 0 Å². The Labute approximate surface area is 99.2 Å². The first-order valence-corrected chi connectivity index (χ1v) is 5.34. The number of aliphatic hydroxyl groups is 1. The standard InChI is InChI=1S/C13H13NO3/c1-9-5-12(16)14(13(9)17)7-10-3-2-4-11(6-10)8-15/h2-6,15H,7-8H2,1H3. The van der Waals surface area contributed by atoms with Crippen LogP contribution in [0, 0.1) is 0 Å². The summed E-state index contributed by atoms with van der Waals surface area (Å²) in [5.74, 6) is -0.522. The van der Waals surface area contributed by atoms with Gasteiger partial charge in [-0.05, 0) is 18.1 Å². The lowest BCUT2D eigenvalue weighted by atomic mass is 10.1. The minimum absolute atomic E-state index is 0.0486. The fraction of sp³-hybridized carbons (Fsp3) is 0.231. The van der Waals surface area contributed by atoms with Crippen LogP contribution in [0.5, 0.6) is 0 Å². The highest BCUT2D eigenvalue weighted by Crippen LogP contribution is 2.16. The molecule has 1 heterocycles. The number of carbonyl (C=O) groups is 2. The number of amides is 2. The Kier molecular flexibility index (Phi) is 3.06. The number of rotatable bonds is 3. The molecule has 4 nitrogen and oxygen atoms in total. The van der Waals surface area contributed by atoms with Crippen LogP contribution in [0.25, 0.3) is 0 Å². The quantitative estimate of drug-likeness (QED) is 0.789. The monoisotopic (exact) mass is 231 g/mol. The van der Waals surface area contributed by atoms with E-state index in [1.165, 1.54) is 11.0 Å². The molecule has 0 unspecified atom stereocenters. The van der Waals surface area contributed by atoms with Crippen LogP contribution in [-0.4, -0.2) is 21.8 Å². The predicted molar refractivity (Wildman–Crippen MR) is 61.7 cm³/mol. The molecule has 0 aliphatic carbocycles. The van der Waals surface area contributed by atoms with Crippen molar-refractivity contribution in [3.05, 3.63) is 47.0 Å². The molecule has 0 saturated carbocycles.